The number of rotatable bonds is 11. The number of nitrogens with two attached hydrogens (primary N) is 2. The molecule has 0 aromatic carbocycles. The van der Waals surface area contributed by atoms with Crippen LogP contribution < -0.4 is 27.4 Å². The second kappa shape index (κ2) is 11.3. The highest BCUT2D eigenvalue weighted by Crippen LogP contribution is 1.96. The molecule has 4 atom stereocenters. The van der Waals surface area contributed by atoms with Crippen LogP contribution in [-0.4, -0.2) is 76.3 Å². The maximum Gasteiger partial charge on any atom is 0.328 e. The number of nitrogens with one attached hydrogen (secondary N) is 3. The van der Waals surface area contributed by atoms with E-state index in [-0.39, 0.29) is 5.75 Å². The maximum atomic E-state index is 12.0. The van der Waals surface area contributed by atoms with Crippen molar-refractivity contribution in [1.29, 1.82) is 0 Å². The third kappa shape index (κ3) is 8.64. The largest absolute Gasteiger partial charge is 0.480 e. The molecule has 0 aromatic rings. The Kier molecular flexibility index (Phi) is 10.2. The number of thiol groups is 1. The highest BCUT2D eigenvalue weighted by Gasteiger charge is 2.29. The van der Waals surface area contributed by atoms with Gasteiger partial charge in [-0.3, -0.25) is 19.2 Å². The summed E-state index contributed by atoms with van der Waals surface area (Å²) in [5, 5.41) is 24.7. The van der Waals surface area contributed by atoms with Crippen molar-refractivity contribution in [2.75, 3.05) is 12.3 Å². The van der Waals surface area contributed by atoms with Crippen LogP contribution in [-0.2, 0) is 24.0 Å². The van der Waals surface area contributed by atoms with E-state index in [1.807, 2.05) is 0 Å². The summed E-state index contributed by atoms with van der Waals surface area (Å²) >= 11 is 3.89. The van der Waals surface area contributed by atoms with Gasteiger partial charge in [0.2, 0.25) is 23.6 Å². The van der Waals surface area contributed by atoms with Crippen LogP contribution in [0.5, 0.6) is 0 Å². The fourth-order valence-corrected chi connectivity index (χ4v) is 1.95. The molecule has 0 saturated carbocycles. The van der Waals surface area contributed by atoms with Crippen molar-refractivity contribution >= 4 is 42.2 Å². The molecule has 13 heteroatoms. The Bertz CT molecular complexity index is 557. The van der Waals surface area contributed by atoms with Gasteiger partial charge < -0.3 is 37.6 Å². The van der Waals surface area contributed by atoms with Crippen molar-refractivity contribution in [2.45, 2.75) is 37.6 Å². The molecule has 0 fully saturated rings. The molecule has 4 amide bonds. The van der Waals surface area contributed by atoms with Gasteiger partial charge in [0.15, 0.2) is 6.04 Å². The van der Waals surface area contributed by atoms with E-state index in [9.17, 15) is 29.1 Å². The molecule has 9 N–H and O–H groups in total. The number of aliphatic hydroxyl groups excluding tert-OH is 1. The summed E-state index contributed by atoms with van der Waals surface area (Å²) < 4.78 is 0. The Hall–Kier alpha value is -2.38. The van der Waals surface area contributed by atoms with Gasteiger partial charge in [-0.15, -0.1) is 0 Å². The molecule has 0 aliphatic rings. The number of hydrogen-bond donors (Lipinski definition) is 8. The molecule has 0 saturated heterocycles. The maximum absolute atomic E-state index is 12.0. The van der Waals surface area contributed by atoms with Crippen molar-refractivity contribution in [3.63, 3.8) is 0 Å². The SMILES string of the molecule is CC(O)C(NC(=O)C(CS)NC(=O)CNC(=O)C(N)CC(N)=O)C(=O)O. The molecular formula is C13H23N5O7S. The number of amides is 4. The summed E-state index contributed by atoms with van der Waals surface area (Å²) in [7, 11) is 0. The topological polar surface area (TPSA) is 214 Å². The highest BCUT2D eigenvalue weighted by molar-refractivity contribution is 7.80. The van der Waals surface area contributed by atoms with Crippen LogP contribution in [0.4, 0.5) is 0 Å². The summed E-state index contributed by atoms with van der Waals surface area (Å²) in [6.07, 6.45) is -1.76. The molecule has 0 spiro atoms. The molecule has 0 rings (SSSR count). The average molecular weight is 393 g/mol. The van der Waals surface area contributed by atoms with E-state index in [2.05, 4.69) is 28.6 Å². The Morgan fingerprint density at radius 3 is 2.12 bits per heavy atom. The van der Waals surface area contributed by atoms with Crippen LogP contribution in [0.2, 0.25) is 0 Å². The Labute approximate surface area is 154 Å². The second-order valence-electron chi connectivity index (χ2n) is 5.36. The van der Waals surface area contributed by atoms with Gasteiger partial charge in [0, 0.05) is 5.75 Å². The van der Waals surface area contributed by atoms with Crippen molar-refractivity contribution < 1.29 is 34.2 Å². The van der Waals surface area contributed by atoms with Crippen LogP contribution >= 0.6 is 12.6 Å². The summed E-state index contributed by atoms with van der Waals surface area (Å²) in [5.41, 5.74) is 10.3. The number of carboxylic acid groups (broad SMARTS) is 1. The van der Waals surface area contributed by atoms with Crippen LogP contribution in [0.25, 0.3) is 0 Å². The summed E-state index contributed by atoms with van der Waals surface area (Å²) in [6, 6.07) is -3.98. The summed E-state index contributed by atoms with van der Waals surface area (Å²) in [5.74, 6) is -4.84. The molecule has 0 radical (unpaired) electrons. The van der Waals surface area contributed by atoms with E-state index in [0.717, 1.165) is 0 Å². The average Bonchev–Trinajstić information content (AvgIpc) is 2.53. The number of aliphatic hydroxyl groups is 1. The first-order chi connectivity index (χ1) is 12.0. The lowest BCUT2D eigenvalue weighted by atomic mass is 10.1. The number of carbonyl (C=O) groups is 5. The van der Waals surface area contributed by atoms with Crippen molar-refractivity contribution in [3.05, 3.63) is 0 Å². The van der Waals surface area contributed by atoms with Crippen molar-refractivity contribution in [1.82, 2.24) is 16.0 Å². The Morgan fingerprint density at radius 2 is 1.69 bits per heavy atom. The molecule has 0 aromatic heterocycles. The minimum absolute atomic E-state index is 0.168. The minimum Gasteiger partial charge on any atom is -0.480 e. The third-order valence-corrected chi connectivity index (χ3v) is 3.43. The predicted molar refractivity (Wildman–Crippen MR) is 91.8 cm³/mol. The molecule has 4 unspecified atom stereocenters. The quantitative estimate of drug-likeness (QED) is 0.160. The lowest BCUT2D eigenvalue weighted by Gasteiger charge is -2.21. The molecular weight excluding hydrogens is 370 g/mol. The molecule has 0 aliphatic heterocycles. The van der Waals surface area contributed by atoms with E-state index in [1.165, 1.54) is 6.92 Å². The fourth-order valence-electron chi connectivity index (χ4n) is 1.69. The lowest BCUT2D eigenvalue weighted by molar-refractivity contribution is -0.145. The van der Waals surface area contributed by atoms with Gasteiger partial charge in [-0.2, -0.15) is 12.6 Å². The molecule has 0 aliphatic carbocycles. The first-order valence-electron chi connectivity index (χ1n) is 7.42. The lowest BCUT2D eigenvalue weighted by Crippen LogP contribution is -2.56. The summed E-state index contributed by atoms with van der Waals surface area (Å²) in [4.78, 5) is 56.9. The molecule has 0 bridgehead atoms. The minimum atomic E-state index is -1.56. The van der Waals surface area contributed by atoms with Crippen LogP contribution in [0, 0.1) is 0 Å². The van der Waals surface area contributed by atoms with E-state index in [4.69, 9.17) is 16.6 Å². The number of aliphatic carboxylic acids is 1. The van der Waals surface area contributed by atoms with Crippen molar-refractivity contribution in [2.24, 2.45) is 11.5 Å². The number of hydrogen-bond acceptors (Lipinski definition) is 8. The van der Waals surface area contributed by atoms with Gasteiger partial charge >= 0.3 is 5.97 Å². The monoisotopic (exact) mass is 393 g/mol. The normalized spacial score (nSPS) is 15.1. The Morgan fingerprint density at radius 1 is 1.12 bits per heavy atom. The first kappa shape index (κ1) is 23.6. The predicted octanol–water partition coefficient (Wildman–Crippen LogP) is -4.33. The molecule has 26 heavy (non-hydrogen) atoms. The zero-order valence-corrected chi connectivity index (χ0v) is 14.9. The second-order valence-corrected chi connectivity index (χ2v) is 5.73. The van der Waals surface area contributed by atoms with E-state index >= 15 is 0 Å². The van der Waals surface area contributed by atoms with E-state index in [1.54, 1.807) is 0 Å². The van der Waals surface area contributed by atoms with Gasteiger partial charge in [-0.25, -0.2) is 4.79 Å². The van der Waals surface area contributed by atoms with Gasteiger partial charge in [0.25, 0.3) is 0 Å². The standard InChI is InChI=1S/C13H23N5O7S/c1-5(19)10(13(24)25)18-12(23)7(4-26)17-9(21)3-16-11(22)6(14)2-8(15)20/h5-7,10,19,26H,2-4,14H2,1H3,(H2,15,20)(H,16,22)(H,17,21)(H,18,23)(H,24,25). The van der Waals surface area contributed by atoms with Crippen molar-refractivity contribution in [3.8, 4) is 0 Å². The first-order valence-corrected chi connectivity index (χ1v) is 8.05. The highest BCUT2D eigenvalue weighted by atomic mass is 32.1. The third-order valence-electron chi connectivity index (χ3n) is 3.06. The van der Waals surface area contributed by atoms with Gasteiger partial charge in [0.1, 0.15) is 6.04 Å². The number of primary amides is 1. The zero-order chi connectivity index (χ0) is 20.4. The van der Waals surface area contributed by atoms with Gasteiger partial charge in [0.05, 0.1) is 25.1 Å². The molecule has 0 heterocycles. The van der Waals surface area contributed by atoms with Crippen LogP contribution in [0.1, 0.15) is 13.3 Å². The van der Waals surface area contributed by atoms with E-state index < -0.39 is 66.8 Å². The Balaban J connectivity index is 4.59. The molecule has 148 valence electrons. The molecule has 12 nitrogen and oxygen atoms in total. The van der Waals surface area contributed by atoms with Crippen LogP contribution in [0.3, 0.4) is 0 Å². The number of carbonyl (C=O) groups excluding carboxylic acids is 4. The van der Waals surface area contributed by atoms with Gasteiger partial charge in [-0.1, -0.05) is 0 Å². The van der Waals surface area contributed by atoms with Gasteiger partial charge in [-0.05, 0) is 6.92 Å². The zero-order valence-electron chi connectivity index (χ0n) is 14.0. The van der Waals surface area contributed by atoms with Crippen LogP contribution in [0.15, 0.2) is 0 Å². The smallest absolute Gasteiger partial charge is 0.328 e. The van der Waals surface area contributed by atoms with E-state index in [0.29, 0.717) is 0 Å². The fraction of sp³-hybridized carbons (Fsp3) is 0.615. The number of carboxylic acids is 1. The summed E-state index contributed by atoms with van der Waals surface area (Å²) in [6.45, 7) is 0.639.